The lowest BCUT2D eigenvalue weighted by atomic mass is 10.0. The Morgan fingerprint density at radius 1 is 1.42 bits per heavy atom. The first-order valence-electron chi connectivity index (χ1n) is 6.18. The lowest BCUT2D eigenvalue weighted by molar-refractivity contribution is 0.189. The molecule has 5 heteroatoms. The fourth-order valence-corrected chi connectivity index (χ4v) is 2.14. The number of nitriles is 2. The zero-order valence-electron chi connectivity index (χ0n) is 10.5. The van der Waals surface area contributed by atoms with Crippen LogP contribution >= 0.6 is 0 Å². The van der Waals surface area contributed by atoms with Gasteiger partial charge in [-0.15, -0.1) is 0 Å². The van der Waals surface area contributed by atoms with Crippen LogP contribution in [0.15, 0.2) is 24.3 Å². The Morgan fingerprint density at radius 2 is 2.26 bits per heavy atom. The summed E-state index contributed by atoms with van der Waals surface area (Å²) >= 11 is 0. The molecule has 0 bridgehead atoms. The number of hydrogen-bond acceptors (Lipinski definition) is 3. The van der Waals surface area contributed by atoms with Gasteiger partial charge in [0.25, 0.3) is 0 Å². The molecular formula is C14H14N4O. The molecule has 96 valence electrons. The average molecular weight is 254 g/mol. The first-order valence-corrected chi connectivity index (χ1v) is 6.18. The van der Waals surface area contributed by atoms with E-state index in [1.54, 1.807) is 29.2 Å². The van der Waals surface area contributed by atoms with Crippen molar-refractivity contribution in [3.63, 3.8) is 0 Å². The van der Waals surface area contributed by atoms with Gasteiger partial charge in [0.1, 0.15) is 0 Å². The number of carbonyl (C=O) groups excluding carboxylic acids is 1. The number of carbonyl (C=O) groups is 1. The summed E-state index contributed by atoms with van der Waals surface area (Å²) in [5, 5.41) is 20.5. The van der Waals surface area contributed by atoms with E-state index in [1.807, 2.05) is 6.07 Å². The smallest absolute Gasteiger partial charge is 0.321 e. The molecule has 0 radical (unpaired) electrons. The van der Waals surface area contributed by atoms with E-state index in [4.69, 9.17) is 10.5 Å². The highest BCUT2D eigenvalue weighted by atomic mass is 16.2. The number of hydrogen-bond donors (Lipinski definition) is 1. The van der Waals surface area contributed by atoms with E-state index in [-0.39, 0.29) is 11.9 Å². The molecule has 1 unspecified atom stereocenters. The van der Waals surface area contributed by atoms with Gasteiger partial charge in [-0.05, 0) is 31.0 Å². The summed E-state index contributed by atoms with van der Waals surface area (Å²) in [6, 6.07) is 10.8. The molecule has 0 saturated carbocycles. The highest BCUT2D eigenvalue weighted by molar-refractivity contribution is 5.89. The number of benzene rings is 1. The number of piperidine rings is 1. The molecule has 1 aliphatic heterocycles. The molecule has 1 aromatic carbocycles. The Bertz CT molecular complexity index is 555. The van der Waals surface area contributed by atoms with Crippen LogP contribution in [-0.2, 0) is 0 Å². The van der Waals surface area contributed by atoms with Crippen molar-refractivity contribution in [2.24, 2.45) is 5.92 Å². The third-order valence-electron chi connectivity index (χ3n) is 3.13. The van der Waals surface area contributed by atoms with Crippen molar-refractivity contribution in [1.29, 1.82) is 10.5 Å². The van der Waals surface area contributed by atoms with Crippen LogP contribution in [-0.4, -0.2) is 24.0 Å². The third-order valence-corrected chi connectivity index (χ3v) is 3.13. The predicted molar refractivity (Wildman–Crippen MR) is 70.1 cm³/mol. The SMILES string of the molecule is N#Cc1cccc(NC(=O)N2CCCC(C#N)C2)c1. The summed E-state index contributed by atoms with van der Waals surface area (Å²) in [7, 11) is 0. The second-order valence-corrected chi connectivity index (χ2v) is 4.54. The lowest BCUT2D eigenvalue weighted by Gasteiger charge is -2.29. The van der Waals surface area contributed by atoms with Crippen molar-refractivity contribution in [3.8, 4) is 12.1 Å². The van der Waals surface area contributed by atoms with E-state index in [0.717, 1.165) is 12.8 Å². The Labute approximate surface area is 112 Å². The normalized spacial score (nSPS) is 18.2. The van der Waals surface area contributed by atoms with E-state index >= 15 is 0 Å². The van der Waals surface area contributed by atoms with Gasteiger partial charge in [-0.2, -0.15) is 10.5 Å². The minimum absolute atomic E-state index is 0.0788. The summed E-state index contributed by atoms with van der Waals surface area (Å²) in [5.41, 5.74) is 1.11. The molecular weight excluding hydrogens is 240 g/mol. The predicted octanol–water partition coefficient (Wildman–Crippen LogP) is 2.33. The van der Waals surface area contributed by atoms with Gasteiger partial charge in [0.05, 0.1) is 23.6 Å². The number of likely N-dealkylation sites (tertiary alicyclic amines) is 1. The van der Waals surface area contributed by atoms with E-state index in [9.17, 15) is 4.79 Å². The zero-order chi connectivity index (χ0) is 13.7. The van der Waals surface area contributed by atoms with Crippen LogP contribution in [0.3, 0.4) is 0 Å². The van der Waals surface area contributed by atoms with Gasteiger partial charge in [-0.1, -0.05) is 6.07 Å². The molecule has 19 heavy (non-hydrogen) atoms. The fraction of sp³-hybridized carbons (Fsp3) is 0.357. The largest absolute Gasteiger partial charge is 0.323 e. The van der Waals surface area contributed by atoms with Gasteiger partial charge >= 0.3 is 6.03 Å². The van der Waals surface area contributed by atoms with Gasteiger partial charge in [0, 0.05) is 18.8 Å². The first kappa shape index (κ1) is 12.9. The van der Waals surface area contributed by atoms with Crippen LogP contribution in [0.2, 0.25) is 0 Å². The fourth-order valence-electron chi connectivity index (χ4n) is 2.14. The maximum atomic E-state index is 12.1. The van der Waals surface area contributed by atoms with Crippen molar-refractivity contribution in [3.05, 3.63) is 29.8 Å². The van der Waals surface area contributed by atoms with Crippen molar-refractivity contribution in [2.75, 3.05) is 18.4 Å². The lowest BCUT2D eigenvalue weighted by Crippen LogP contribution is -2.42. The summed E-state index contributed by atoms with van der Waals surface area (Å²) in [5.74, 6) is -0.0788. The molecule has 1 saturated heterocycles. The molecule has 2 amide bonds. The molecule has 1 fully saturated rings. The second kappa shape index (κ2) is 5.88. The molecule has 2 rings (SSSR count). The number of nitrogens with one attached hydrogen (secondary N) is 1. The molecule has 1 N–H and O–H groups in total. The minimum atomic E-state index is -0.213. The summed E-state index contributed by atoms with van der Waals surface area (Å²) < 4.78 is 0. The van der Waals surface area contributed by atoms with Gasteiger partial charge in [-0.25, -0.2) is 4.79 Å². The first-order chi connectivity index (χ1) is 9.22. The maximum absolute atomic E-state index is 12.1. The summed E-state index contributed by atoms with van der Waals surface area (Å²) in [6.07, 6.45) is 1.70. The van der Waals surface area contributed by atoms with Crippen molar-refractivity contribution in [1.82, 2.24) is 4.90 Å². The monoisotopic (exact) mass is 254 g/mol. The summed E-state index contributed by atoms with van der Waals surface area (Å²) in [6.45, 7) is 1.14. The molecule has 1 aliphatic rings. The van der Waals surface area contributed by atoms with E-state index in [0.29, 0.717) is 24.3 Å². The van der Waals surface area contributed by atoms with Crippen LogP contribution in [0, 0.1) is 28.6 Å². The van der Waals surface area contributed by atoms with Crippen molar-refractivity contribution < 1.29 is 4.79 Å². The van der Waals surface area contributed by atoms with E-state index in [1.165, 1.54) is 0 Å². The van der Waals surface area contributed by atoms with Gasteiger partial charge in [0.15, 0.2) is 0 Å². The van der Waals surface area contributed by atoms with Gasteiger partial charge in [0.2, 0.25) is 0 Å². The molecule has 0 spiro atoms. The van der Waals surface area contributed by atoms with Crippen LogP contribution < -0.4 is 5.32 Å². The highest BCUT2D eigenvalue weighted by Crippen LogP contribution is 2.17. The molecule has 0 aromatic heterocycles. The Hall–Kier alpha value is -2.53. The number of anilines is 1. The van der Waals surface area contributed by atoms with Gasteiger partial charge < -0.3 is 10.2 Å². The average Bonchev–Trinajstić information content (AvgIpc) is 2.47. The van der Waals surface area contributed by atoms with Gasteiger partial charge in [-0.3, -0.25) is 0 Å². The van der Waals surface area contributed by atoms with E-state index in [2.05, 4.69) is 11.4 Å². The molecule has 0 aliphatic carbocycles. The maximum Gasteiger partial charge on any atom is 0.321 e. The van der Waals surface area contributed by atoms with Crippen LogP contribution in [0.5, 0.6) is 0 Å². The third kappa shape index (κ3) is 3.23. The van der Waals surface area contributed by atoms with Crippen LogP contribution in [0.25, 0.3) is 0 Å². The summed E-state index contributed by atoms with van der Waals surface area (Å²) in [4.78, 5) is 13.7. The van der Waals surface area contributed by atoms with Crippen molar-refractivity contribution in [2.45, 2.75) is 12.8 Å². The number of urea groups is 1. The minimum Gasteiger partial charge on any atom is -0.323 e. The Kier molecular flexibility index (Phi) is 4.00. The topological polar surface area (TPSA) is 79.9 Å². The van der Waals surface area contributed by atoms with Crippen LogP contribution in [0.1, 0.15) is 18.4 Å². The Morgan fingerprint density at radius 3 is 3.00 bits per heavy atom. The molecule has 5 nitrogen and oxygen atoms in total. The molecule has 1 atom stereocenters. The second-order valence-electron chi connectivity index (χ2n) is 4.54. The van der Waals surface area contributed by atoms with Crippen LogP contribution in [0.4, 0.5) is 10.5 Å². The Balaban J connectivity index is 2.01. The standard InChI is InChI=1S/C14H14N4O/c15-8-11-3-1-5-13(7-11)17-14(19)18-6-2-4-12(9-16)10-18/h1,3,5,7,12H,2,4,6,10H2,(H,17,19). The molecule has 1 heterocycles. The highest BCUT2D eigenvalue weighted by Gasteiger charge is 2.23. The molecule has 1 aromatic rings. The van der Waals surface area contributed by atoms with E-state index < -0.39 is 0 Å². The number of amides is 2. The number of nitrogens with zero attached hydrogens (tertiary/aromatic N) is 3. The quantitative estimate of drug-likeness (QED) is 0.835. The van der Waals surface area contributed by atoms with Crippen molar-refractivity contribution >= 4 is 11.7 Å². The zero-order valence-corrected chi connectivity index (χ0v) is 10.5. The number of rotatable bonds is 1.